The van der Waals surface area contributed by atoms with E-state index in [2.05, 4.69) is 20.8 Å². The van der Waals surface area contributed by atoms with Crippen molar-refractivity contribution in [3.63, 3.8) is 0 Å². The van der Waals surface area contributed by atoms with Gasteiger partial charge < -0.3 is 29.5 Å². The number of unbranched alkanes of at least 4 members (excludes halogenated alkanes) is 15. The number of aromatic nitrogens is 2. The van der Waals surface area contributed by atoms with E-state index in [4.69, 9.17) is 24.2 Å². The maximum Gasteiger partial charge on any atom is 0.164 e. The molecule has 0 amide bonds. The molecule has 1 heterocycles. The molecule has 0 atom stereocenters. The van der Waals surface area contributed by atoms with Gasteiger partial charge in [-0.2, -0.15) is 0 Å². The normalized spacial score (nSPS) is 11.2. The second kappa shape index (κ2) is 24.0. The number of phenols is 3. The molecule has 0 radical (unpaired) electrons. The lowest BCUT2D eigenvalue weighted by atomic mass is 10.0. The van der Waals surface area contributed by atoms with Gasteiger partial charge in [-0.1, -0.05) is 117 Å². The van der Waals surface area contributed by atoms with Crippen LogP contribution in [0.4, 0.5) is 0 Å². The molecule has 3 N–H and O–H groups in total. The molecule has 1 aromatic heterocycles. The van der Waals surface area contributed by atoms with Gasteiger partial charge in [0.25, 0.3) is 0 Å². The maximum absolute atomic E-state index is 11.2. The van der Waals surface area contributed by atoms with Crippen LogP contribution in [0.2, 0.25) is 0 Å². The Bertz CT molecular complexity index is 1470. The van der Waals surface area contributed by atoms with Gasteiger partial charge in [-0.05, 0) is 61.7 Å². The number of hydrogen-bond donors (Lipinski definition) is 3. The van der Waals surface area contributed by atoms with Crippen molar-refractivity contribution >= 4 is 0 Å². The first-order valence-corrected chi connectivity index (χ1v) is 20.7. The first-order valence-electron chi connectivity index (χ1n) is 20.7. The van der Waals surface area contributed by atoms with Crippen LogP contribution in [0, 0.1) is 0 Å². The standard InChI is InChI=1S/C46H64N2O6/c1-4-7-10-13-16-19-28-52-35-22-25-38(43(49)31-35)41-34-42(39-26-23-36(32-44(39)50)53-29-20-17-14-11-8-5-2)48-46(47-41)40-27-24-37(33-45(40)51)54-30-21-18-15-12-9-6-3/h22-27,31-34,49-51H,4-21,28-30H2,1-3H3. The van der Waals surface area contributed by atoms with E-state index in [0.717, 1.165) is 38.5 Å². The minimum absolute atomic E-state index is 0.0105. The van der Waals surface area contributed by atoms with Gasteiger partial charge in [0.1, 0.15) is 34.5 Å². The van der Waals surface area contributed by atoms with Crippen LogP contribution < -0.4 is 14.2 Å². The molecular formula is C46H64N2O6. The molecule has 4 aromatic rings. The predicted octanol–water partition coefficient (Wildman–Crippen LogP) is 12.8. The summed E-state index contributed by atoms with van der Waals surface area (Å²) in [7, 11) is 0. The Balaban J connectivity index is 1.55. The Labute approximate surface area is 324 Å². The predicted molar refractivity (Wildman–Crippen MR) is 220 cm³/mol. The van der Waals surface area contributed by atoms with Gasteiger partial charge in [-0.3, -0.25) is 0 Å². The van der Waals surface area contributed by atoms with E-state index in [9.17, 15) is 15.3 Å². The summed E-state index contributed by atoms with van der Waals surface area (Å²) in [6.07, 6.45) is 21.0. The fourth-order valence-corrected chi connectivity index (χ4v) is 6.49. The molecule has 0 saturated heterocycles. The smallest absolute Gasteiger partial charge is 0.164 e. The van der Waals surface area contributed by atoms with Crippen molar-refractivity contribution < 1.29 is 29.5 Å². The lowest BCUT2D eigenvalue weighted by molar-refractivity contribution is 0.302. The third-order valence-electron chi connectivity index (χ3n) is 9.73. The minimum Gasteiger partial charge on any atom is -0.507 e. The maximum atomic E-state index is 11.2. The third-order valence-corrected chi connectivity index (χ3v) is 9.73. The van der Waals surface area contributed by atoms with Crippen molar-refractivity contribution in [3.8, 4) is 68.4 Å². The second-order valence-corrected chi connectivity index (χ2v) is 14.3. The third kappa shape index (κ3) is 14.1. The number of hydrogen-bond acceptors (Lipinski definition) is 8. The highest BCUT2D eigenvalue weighted by atomic mass is 16.5. The molecule has 4 rings (SSSR count). The van der Waals surface area contributed by atoms with Crippen LogP contribution in [-0.2, 0) is 0 Å². The number of ether oxygens (including phenoxy) is 3. The van der Waals surface area contributed by atoms with E-state index in [1.165, 1.54) is 77.0 Å². The van der Waals surface area contributed by atoms with Crippen LogP contribution in [0.25, 0.3) is 33.9 Å². The summed E-state index contributed by atoms with van der Waals surface area (Å²) in [4.78, 5) is 9.61. The zero-order valence-electron chi connectivity index (χ0n) is 33.1. The lowest BCUT2D eigenvalue weighted by Gasteiger charge is -2.14. The average Bonchev–Trinajstić information content (AvgIpc) is 3.17. The van der Waals surface area contributed by atoms with Gasteiger partial charge in [0, 0.05) is 29.3 Å². The van der Waals surface area contributed by atoms with E-state index in [1.54, 1.807) is 42.5 Å². The number of phenolic OH excluding ortho intramolecular Hbond substituents is 3. The van der Waals surface area contributed by atoms with Crippen molar-refractivity contribution in [3.05, 3.63) is 60.7 Å². The Kier molecular flexibility index (Phi) is 18.8. The number of rotatable bonds is 27. The molecule has 0 unspecified atom stereocenters. The van der Waals surface area contributed by atoms with Gasteiger partial charge in [-0.25, -0.2) is 9.97 Å². The van der Waals surface area contributed by atoms with E-state index in [1.807, 2.05) is 18.2 Å². The van der Waals surface area contributed by atoms with Gasteiger partial charge in [0.05, 0.1) is 36.8 Å². The second-order valence-electron chi connectivity index (χ2n) is 14.3. The largest absolute Gasteiger partial charge is 0.507 e. The average molecular weight is 741 g/mol. The van der Waals surface area contributed by atoms with Crippen molar-refractivity contribution in [1.29, 1.82) is 0 Å². The van der Waals surface area contributed by atoms with Crippen LogP contribution in [0.3, 0.4) is 0 Å². The van der Waals surface area contributed by atoms with Gasteiger partial charge in [0.15, 0.2) is 5.82 Å². The SMILES string of the molecule is CCCCCCCCOc1ccc(-c2cc(-c3ccc(OCCCCCCCC)cc3O)nc(-c3ccc(OCCCCCCCC)cc3O)n2)c(O)c1. The highest BCUT2D eigenvalue weighted by Gasteiger charge is 2.18. The summed E-state index contributed by atoms with van der Waals surface area (Å²) in [6, 6.07) is 17.3. The zero-order valence-corrected chi connectivity index (χ0v) is 33.1. The molecule has 0 aliphatic rings. The molecule has 0 fully saturated rings. The van der Waals surface area contributed by atoms with Crippen molar-refractivity contribution in [2.45, 2.75) is 136 Å². The Morgan fingerprint density at radius 2 is 0.704 bits per heavy atom. The fraction of sp³-hybridized carbons (Fsp3) is 0.522. The van der Waals surface area contributed by atoms with E-state index >= 15 is 0 Å². The molecule has 0 aliphatic heterocycles. The minimum atomic E-state index is -0.0242. The number of nitrogens with zero attached hydrogens (tertiary/aromatic N) is 2. The number of aromatic hydroxyl groups is 3. The van der Waals surface area contributed by atoms with Crippen LogP contribution in [0.1, 0.15) is 136 Å². The first kappa shape index (κ1) is 42.3. The molecule has 0 spiro atoms. The highest BCUT2D eigenvalue weighted by Crippen LogP contribution is 2.39. The van der Waals surface area contributed by atoms with Crippen molar-refractivity contribution in [2.24, 2.45) is 0 Å². The summed E-state index contributed by atoms with van der Waals surface area (Å²) in [6.45, 7) is 8.39. The lowest BCUT2D eigenvalue weighted by Crippen LogP contribution is -2.00. The van der Waals surface area contributed by atoms with Gasteiger partial charge in [0.2, 0.25) is 0 Å². The molecule has 0 bridgehead atoms. The molecule has 0 saturated carbocycles. The van der Waals surface area contributed by atoms with Crippen molar-refractivity contribution in [1.82, 2.24) is 9.97 Å². The highest BCUT2D eigenvalue weighted by molar-refractivity contribution is 5.78. The Morgan fingerprint density at radius 1 is 0.389 bits per heavy atom. The molecule has 8 heteroatoms. The van der Waals surface area contributed by atoms with Crippen molar-refractivity contribution in [2.75, 3.05) is 19.8 Å². The zero-order chi connectivity index (χ0) is 38.4. The summed E-state index contributed by atoms with van der Waals surface area (Å²) < 4.78 is 17.9. The fourth-order valence-electron chi connectivity index (χ4n) is 6.49. The summed E-state index contributed by atoms with van der Waals surface area (Å²) in [5.74, 6) is 1.99. The Morgan fingerprint density at radius 3 is 1.04 bits per heavy atom. The summed E-state index contributed by atoms with van der Waals surface area (Å²) in [5.41, 5.74) is 2.22. The van der Waals surface area contributed by atoms with Crippen LogP contribution in [0.15, 0.2) is 60.7 Å². The Hall–Kier alpha value is -4.46. The van der Waals surface area contributed by atoms with E-state index < -0.39 is 0 Å². The number of benzene rings is 3. The van der Waals surface area contributed by atoms with Crippen LogP contribution in [0.5, 0.6) is 34.5 Å². The van der Waals surface area contributed by atoms with Gasteiger partial charge in [-0.15, -0.1) is 0 Å². The van der Waals surface area contributed by atoms with Gasteiger partial charge >= 0.3 is 0 Å². The molecule has 0 aliphatic carbocycles. The molecule has 54 heavy (non-hydrogen) atoms. The monoisotopic (exact) mass is 740 g/mol. The van der Waals surface area contributed by atoms with Crippen LogP contribution in [-0.4, -0.2) is 45.1 Å². The van der Waals surface area contributed by atoms with Crippen LogP contribution >= 0.6 is 0 Å². The molecular weight excluding hydrogens is 677 g/mol. The quantitative estimate of drug-likeness (QED) is 0.0518. The molecule has 8 nitrogen and oxygen atoms in total. The van der Waals surface area contributed by atoms with E-state index in [-0.39, 0.29) is 23.1 Å². The molecule has 294 valence electrons. The van der Waals surface area contributed by atoms with E-state index in [0.29, 0.717) is 65.1 Å². The summed E-state index contributed by atoms with van der Waals surface area (Å²) in [5, 5.41) is 33.6. The molecule has 3 aromatic carbocycles. The topological polar surface area (TPSA) is 114 Å². The first-order chi connectivity index (χ1) is 26.4. The summed E-state index contributed by atoms with van der Waals surface area (Å²) >= 11 is 0.